The van der Waals surface area contributed by atoms with E-state index in [0.717, 1.165) is 19.3 Å². The third-order valence-corrected chi connectivity index (χ3v) is 10.9. The maximum Gasteiger partial charge on any atom is 0.310 e. The van der Waals surface area contributed by atoms with Crippen molar-refractivity contribution in [2.45, 2.75) is 91.8 Å². The van der Waals surface area contributed by atoms with E-state index in [2.05, 4.69) is 20.4 Å². The molecule has 0 aromatic rings. The zero-order chi connectivity index (χ0) is 26.0. The second-order valence-electron chi connectivity index (χ2n) is 12.5. The van der Waals surface area contributed by atoms with Gasteiger partial charge in [0, 0.05) is 28.4 Å². The number of carboxylic acids is 1. The van der Waals surface area contributed by atoms with Crippen LogP contribution in [0.4, 0.5) is 0 Å². The van der Waals surface area contributed by atoms with Crippen LogP contribution in [0, 0.1) is 46.3 Å². The van der Waals surface area contributed by atoms with E-state index in [1.165, 1.54) is 0 Å². The van der Waals surface area contributed by atoms with Crippen LogP contribution in [0.3, 0.4) is 0 Å². The van der Waals surface area contributed by atoms with E-state index in [1.807, 2.05) is 13.8 Å². The van der Waals surface area contributed by atoms with Crippen molar-refractivity contribution in [3.63, 3.8) is 0 Å². The molecule has 0 bridgehead atoms. The summed E-state index contributed by atoms with van der Waals surface area (Å²) in [4.78, 5) is 38.8. The molecule has 0 heterocycles. The van der Waals surface area contributed by atoms with Crippen molar-refractivity contribution in [3.8, 4) is 0 Å². The van der Waals surface area contributed by atoms with Gasteiger partial charge in [-0.25, -0.2) is 0 Å². The van der Waals surface area contributed by atoms with Crippen LogP contribution in [0.25, 0.3) is 0 Å². The molecular weight excluding hydrogens is 444 g/mol. The zero-order valence-corrected chi connectivity index (χ0v) is 21.8. The molecule has 10 atom stereocenters. The zero-order valence-electron chi connectivity index (χ0n) is 21.8. The van der Waals surface area contributed by atoms with E-state index in [1.54, 1.807) is 6.92 Å². The minimum absolute atomic E-state index is 0.0249. The number of carboxylic acid groups (broad SMARTS) is 1. The minimum atomic E-state index is -1.16. The molecule has 0 aliphatic heterocycles. The molecule has 6 nitrogen and oxygen atoms in total. The largest absolute Gasteiger partial charge is 0.481 e. The van der Waals surface area contributed by atoms with Crippen LogP contribution in [-0.4, -0.2) is 45.1 Å². The SMILES string of the molecule is C=C(CC[C@@H](C)[C@H]1CC[C@H]2C3=C(C(=O)[C@H](O)[C@]12C)[C@@]1(C)CC[C@@H](O)[C@@H](C)[C@@H]1CC3=O)[C@H](C)C(=O)O. The highest BCUT2D eigenvalue weighted by molar-refractivity contribution is 6.12. The first-order chi connectivity index (χ1) is 16.3. The van der Waals surface area contributed by atoms with Crippen LogP contribution in [0.1, 0.15) is 79.6 Å². The first-order valence-electron chi connectivity index (χ1n) is 13.3. The second-order valence-corrected chi connectivity index (χ2v) is 12.5. The highest BCUT2D eigenvalue weighted by Crippen LogP contribution is 2.65. The highest BCUT2D eigenvalue weighted by atomic mass is 16.4. The van der Waals surface area contributed by atoms with Crippen molar-refractivity contribution < 1.29 is 29.7 Å². The Morgan fingerprint density at radius 2 is 1.80 bits per heavy atom. The van der Waals surface area contributed by atoms with E-state index in [4.69, 9.17) is 0 Å². The summed E-state index contributed by atoms with van der Waals surface area (Å²) in [5.74, 6) is -1.84. The summed E-state index contributed by atoms with van der Waals surface area (Å²) in [6.45, 7) is 13.8. The predicted molar refractivity (Wildman–Crippen MR) is 132 cm³/mol. The van der Waals surface area contributed by atoms with Gasteiger partial charge in [0.2, 0.25) is 0 Å². The molecular formula is C29H42O6. The fourth-order valence-electron chi connectivity index (χ4n) is 8.40. The van der Waals surface area contributed by atoms with Crippen LogP contribution in [0.15, 0.2) is 23.3 Å². The number of aliphatic carboxylic acids is 1. The van der Waals surface area contributed by atoms with Crippen LogP contribution in [0.2, 0.25) is 0 Å². The number of allylic oxidation sites excluding steroid dienone is 1. The number of aliphatic hydroxyl groups excluding tert-OH is 2. The van der Waals surface area contributed by atoms with Gasteiger partial charge in [-0.2, -0.15) is 0 Å². The number of Topliss-reactive ketones (excluding diaryl/α,β-unsaturated/α-hetero) is 2. The van der Waals surface area contributed by atoms with Gasteiger partial charge >= 0.3 is 5.97 Å². The van der Waals surface area contributed by atoms with E-state index in [9.17, 15) is 29.7 Å². The van der Waals surface area contributed by atoms with Gasteiger partial charge < -0.3 is 15.3 Å². The number of carbonyl (C=O) groups excluding carboxylic acids is 2. The third kappa shape index (κ3) is 3.78. The predicted octanol–water partition coefficient (Wildman–Crippen LogP) is 4.34. The highest BCUT2D eigenvalue weighted by Gasteiger charge is 2.65. The van der Waals surface area contributed by atoms with Gasteiger partial charge in [0.25, 0.3) is 0 Å². The molecule has 2 saturated carbocycles. The first-order valence-corrected chi connectivity index (χ1v) is 13.3. The van der Waals surface area contributed by atoms with Crippen LogP contribution in [0.5, 0.6) is 0 Å². The lowest BCUT2D eigenvalue weighted by Gasteiger charge is -2.56. The minimum Gasteiger partial charge on any atom is -0.481 e. The van der Waals surface area contributed by atoms with Crippen molar-refractivity contribution >= 4 is 17.5 Å². The number of fused-ring (bicyclic) bond motifs is 4. The van der Waals surface area contributed by atoms with Crippen molar-refractivity contribution in [3.05, 3.63) is 23.3 Å². The number of rotatable bonds is 6. The molecule has 6 heteroatoms. The Labute approximate surface area is 208 Å². The molecule has 0 saturated heterocycles. The average Bonchev–Trinajstić information content (AvgIpc) is 3.16. The van der Waals surface area contributed by atoms with E-state index < -0.39 is 34.9 Å². The molecule has 194 valence electrons. The number of carbonyl (C=O) groups is 3. The summed E-state index contributed by atoms with van der Waals surface area (Å²) in [7, 11) is 0. The second kappa shape index (κ2) is 8.95. The fraction of sp³-hybridized carbons (Fsp3) is 0.759. The van der Waals surface area contributed by atoms with E-state index >= 15 is 0 Å². The lowest BCUT2D eigenvalue weighted by molar-refractivity contribution is -0.145. The van der Waals surface area contributed by atoms with Gasteiger partial charge in [-0.05, 0) is 75.0 Å². The summed E-state index contributed by atoms with van der Waals surface area (Å²) in [6.07, 6.45) is 2.90. The molecule has 4 aliphatic carbocycles. The number of hydrogen-bond donors (Lipinski definition) is 3. The molecule has 0 radical (unpaired) electrons. The Kier molecular flexibility index (Phi) is 6.72. The molecule has 0 aromatic heterocycles. The Balaban J connectivity index is 1.66. The van der Waals surface area contributed by atoms with Gasteiger partial charge in [-0.3, -0.25) is 14.4 Å². The fourth-order valence-corrected chi connectivity index (χ4v) is 8.40. The average molecular weight is 487 g/mol. The van der Waals surface area contributed by atoms with Crippen molar-refractivity contribution in [1.82, 2.24) is 0 Å². The maximum absolute atomic E-state index is 13.9. The molecule has 0 spiro atoms. The summed E-state index contributed by atoms with van der Waals surface area (Å²) < 4.78 is 0. The summed E-state index contributed by atoms with van der Waals surface area (Å²) in [6, 6.07) is 0. The Morgan fingerprint density at radius 1 is 1.14 bits per heavy atom. The number of hydrogen-bond acceptors (Lipinski definition) is 5. The molecule has 3 N–H and O–H groups in total. The van der Waals surface area contributed by atoms with Gasteiger partial charge in [-0.1, -0.05) is 39.8 Å². The summed E-state index contributed by atoms with van der Waals surface area (Å²) in [5, 5.41) is 31.3. The summed E-state index contributed by atoms with van der Waals surface area (Å²) >= 11 is 0. The smallest absolute Gasteiger partial charge is 0.310 e. The number of ketones is 2. The number of aliphatic hydroxyl groups is 2. The van der Waals surface area contributed by atoms with Gasteiger partial charge in [0.05, 0.1) is 12.0 Å². The standard InChI is InChI=1S/C29H42O6/c1-14(16(3)27(34)35)7-8-15(2)18-9-10-19-23-22(31)13-20-17(4)21(30)11-12-28(20,5)24(23)25(32)26(33)29(18,19)6/h15-21,26,30,33H,1,7-13H2,2-6H3,(H,34,35)/t15-,16+,17+,18-,19+,20+,21-,26+,28+,29-/m1/s1. The quantitative estimate of drug-likeness (QED) is 0.482. The van der Waals surface area contributed by atoms with E-state index in [-0.39, 0.29) is 41.2 Å². The molecule has 0 unspecified atom stereocenters. The first kappa shape index (κ1) is 26.3. The monoisotopic (exact) mass is 486 g/mol. The van der Waals surface area contributed by atoms with Crippen LogP contribution < -0.4 is 0 Å². The van der Waals surface area contributed by atoms with Crippen molar-refractivity contribution in [2.24, 2.45) is 46.3 Å². The van der Waals surface area contributed by atoms with Crippen LogP contribution >= 0.6 is 0 Å². The maximum atomic E-state index is 13.9. The molecule has 0 aromatic carbocycles. The normalized spacial score (nSPS) is 42.7. The van der Waals surface area contributed by atoms with Crippen molar-refractivity contribution in [1.29, 1.82) is 0 Å². The topological polar surface area (TPSA) is 112 Å². The van der Waals surface area contributed by atoms with Gasteiger partial charge in [0.15, 0.2) is 11.6 Å². The molecule has 2 fully saturated rings. The Morgan fingerprint density at radius 3 is 2.43 bits per heavy atom. The molecule has 4 rings (SSSR count). The molecule has 35 heavy (non-hydrogen) atoms. The third-order valence-electron chi connectivity index (χ3n) is 10.9. The molecule has 0 amide bonds. The Hall–Kier alpha value is -1.79. The van der Waals surface area contributed by atoms with Crippen molar-refractivity contribution in [2.75, 3.05) is 0 Å². The molecule has 4 aliphatic rings. The van der Waals surface area contributed by atoms with E-state index in [0.29, 0.717) is 42.4 Å². The van der Waals surface area contributed by atoms with Crippen LogP contribution in [-0.2, 0) is 14.4 Å². The lowest BCUT2D eigenvalue weighted by atomic mass is 9.47. The summed E-state index contributed by atoms with van der Waals surface area (Å²) in [5.41, 5.74) is 0.709. The van der Waals surface area contributed by atoms with Gasteiger partial charge in [0.1, 0.15) is 6.10 Å². The Bertz CT molecular complexity index is 980. The van der Waals surface area contributed by atoms with Gasteiger partial charge in [-0.15, -0.1) is 0 Å². The lowest BCUT2D eigenvalue weighted by Crippen LogP contribution is -2.58.